The zero-order chi connectivity index (χ0) is 57.4. The molecule has 1 amide bonds. The molecule has 12 unspecified atom stereocenters. The number of unbranched alkanes of at least 4 members (excludes halogenated alkanes) is 18. The summed E-state index contributed by atoms with van der Waals surface area (Å²) in [6.07, 6.45) is 52.8. The van der Waals surface area contributed by atoms with Crippen LogP contribution in [-0.4, -0.2) is 140 Å². The number of allylic oxidation sites excluding steroid dienone is 17. The van der Waals surface area contributed by atoms with Crippen LogP contribution in [0, 0.1) is 0 Å². The third-order valence-electron chi connectivity index (χ3n) is 14.2. The van der Waals surface area contributed by atoms with Gasteiger partial charge in [0.25, 0.3) is 0 Å². The Morgan fingerprint density at radius 2 is 0.886 bits per heavy atom. The lowest BCUT2D eigenvalue weighted by Gasteiger charge is -2.46. The van der Waals surface area contributed by atoms with Gasteiger partial charge in [0.2, 0.25) is 5.91 Å². The van der Waals surface area contributed by atoms with Crippen molar-refractivity contribution >= 4 is 5.91 Å². The van der Waals surface area contributed by atoms with E-state index in [2.05, 4.69) is 116 Å². The fourth-order valence-electron chi connectivity index (χ4n) is 9.27. The first-order valence-electron chi connectivity index (χ1n) is 30.6. The van der Waals surface area contributed by atoms with Crippen molar-refractivity contribution in [2.24, 2.45) is 0 Å². The molecule has 0 radical (unpaired) electrons. The first kappa shape index (κ1) is 71.8. The maximum absolute atomic E-state index is 13.3. The van der Waals surface area contributed by atoms with Crippen LogP contribution in [0.1, 0.15) is 200 Å². The lowest BCUT2D eigenvalue weighted by molar-refractivity contribution is -0.359. The maximum Gasteiger partial charge on any atom is 0.220 e. The van der Waals surface area contributed by atoms with Gasteiger partial charge in [0.15, 0.2) is 12.6 Å². The second kappa shape index (κ2) is 49.3. The summed E-state index contributed by atoms with van der Waals surface area (Å²) in [7, 11) is 0. The molecule has 2 fully saturated rings. The average Bonchev–Trinajstić information content (AvgIpc) is 3.55. The molecule has 0 saturated carbocycles. The number of carbonyl (C=O) groups is 1. The van der Waals surface area contributed by atoms with Gasteiger partial charge >= 0.3 is 0 Å². The van der Waals surface area contributed by atoms with E-state index in [1.165, 1.54) is 77.0 Å². The molecule has 0 aromatic heterocycles. The molecule has 2 saturated heterocycles. The Bertz CT molecular complexity index is 1740. The van der Waals surface area contributed by atoms with E-state index in [4.69, 9.17) is 18.9 Å². The van der Waals surface area contributed by atoms with Gasteiger partial charge in [0, 0.05) is 6.42 Å². The normalized spacial score (nSPS) is 25.2. The zero-order valence-electron chi connectivity index (χ0n) is 48.6. The highest BCUT2D eigenvalue weighted by Gasteiger charge is 2.51. The Balaban J connectivity index is 1.70. The molecular weight excluding hydrogens is 1000 g/mol. The maximum atomic E-state index is 13.3. The van der Waals surface area contributed by atoms with Gasteiger partial charge in [0.1, 0.15) is 48.8 Å². The SMILES string of the molecule is CC/C=C\C/C=C\C/C=C\C/C=C\C/C=C\C/C=C\CCCCCCCCCCCCCCC(=O)NC(COC1OC(CO)C(OC2OC(CO)C(O)C(O)C2O)C(O)C1O)C(O)/C=C/CC/C=C/CC/C=C/CCCCCC. The fourth-order valence-corrected chi connectivity index (χ4v) is 9.27. The number of aliphatic hydroxyl groups excluding tert-OH is 8. The number of aliphatic hydroxyl groups is 8. The molecule has 0 aromatic carbocycles. The largest absolute Gasteiger partial charge is 0.394 e. The summed E-state index contributed by atoms with van der Waals surface area (Å²) >= 11 is 0. The smallest absolute Gasteiger partial charge is 0.220 e. The number of nitrogens with one attached hydrogen (secondary N) is 1. The van der Waals surface area contributed by atoms with Crippen molar-refractivity contribution < 1.29 is 64.6 Å². The Morgan fingerprint density at radius 1 is 0.468 bits per heavy atom. The number of rotatable bonds is 47. The van der Waals surface area contributed by atoms with Gasteiger partial charge in [-0.05, 0) is 96.3 Å². The van der Waals surface area contributed by atoms with Crippen LogP contribution in [0.2, 0.25) is 0 Å². The van der Waals surface area contributed by atoms with E-state index in [9.17, 15) is 45.6 Å². The summed E-state index contributed by atoms with van der Waals surface area (Å²) in [5.41, 5.74) is 0. The van der Waals surface area contributed by atoms with Gasteiger partial charge in [0.05, 0.1) is 32.0 Å². The first-order chi connectivity index (χ1) is 38.6. The highest BCUT2D eigenvalue weighted by molar-refractivity contribution is 5.76. The molecule has 9 N–H and O–H groups in total. The topological polar surface area (TPSA) is 228 Å². The van der Waals surface area contributed by atoms with Crippen molar-refractivity contribution in [3.63, 3.8) is 0 Å². The Hall–Kier alpha value is -3.35. The Morgan fingerprint density at radius 3 is 1.39 bits per heavy atom. The molecule has 14 heteroatoms. The highest BCUT2D eigenvalue weighted by atomic mass is 16.7. The van der Waals surface area contributed by atoms with E-state index < -0.39 is 86.8 Å². The van der Waals surface area contributed by atoms with Crippen LogP contribution in [0.5, 0.6) is 0 Å². The third-order valence-corrected chi connectivity index (χ3v) is 14.2. The van der Waals surface area contributed by atoms with Crippen LogP contribution in [0.3, 0.4) is 0 Å². The predicted molar refractivity (Wildman–Crippen MR) is 318 cm³/mol. The van der Waals surface area contributed by atoms with Gasteiger partial charge in [-0.3, -0.25) is 4.79 Å². The second-order valence-electron chi connectivity index (χ2n) is 21.1. The zero-order valence-corrected chi connectivity index (χ0v) is 48.6. The van der Waals surface area contributed by atoms with Crippen LogP contribution in [0.25, 0.3) is 0 Å². The summed E-state index contributed by atoms with van der Waals surface area (Å²) in [6, 6.07) is -0.945. The van der Waals surface area contributed by atoms with Gasteiger partial charge in [-0.15, -0.1) is 0 Å². The minimum Gasteiger partial charge on any atom is -0.394 e. The van der Waals surface area contributed by atoms with Crippen LogP contribution in [-0.2, 0) is 23.7 Å². The van der Waals surface area contributed by atoms with Gasteiger partial charge in [-0.25, -0.2) is 0 Å². The average molecular weight is 1110 g/mol. The van der Waals surface area contributed by atoms with Crippen molar-refractivity contribution in [1.82, 2.24) is 5.32 Å². The molecule has 2 aliphatic heterocycles. The monoisotopic (exact) mass is 1110 g/mol. The van der Waals surface area contributed by atoms with Crippen molar-refractivity contribution in [2.75, 3.05) is 19.8 Å². The van der Waals surface area contributed by atoms with Gasteiger partial charge < -0.3 is 65.1 Å². The number of amides is 1. The molecule has 79 heavy (non-hydrogen) atoms. The van der Waals surface area contributed by atoms with E-state index >= 15 is 0 Å². The molecule has 452 valence electrons. The highest BCUT2D eigenvalue weighted by Crippen LogP contribution is 2.30. The van der Waals surface area contributed by atoms with E-state index in [0.29, 0.717) is 12.8 Å². The molecule has 2 heterocycles. The Labute approximate surface area is 476 Å². The van der Waals surface area contributed by atoms with E-state index in [1.807, 2.05) is 6.08 Å². The minimum absolute atomic E-state index is 0.261. The lowest BCUT2D eigenvalue weighted by Crippen LogP contribution is -2.65. The molecule has 0 aromatic rings. The van der Waals surface area contributed by atoms with Gasteiger partial charge in [-0.2, -0.15) is 0 Å². The summed E-state index contributed by atoms with van der Waals surface area (Å²) in [5.74, 6) is -0.261. The number of hydrogen-bond acceptors (Lipinski definition) is 13. The second-order valence-corrected chi connectivity index (χ2v) is 21.1. The summed E-state index contributed by atoms with van der Waals surface area (Å²) in [6.45, 7) is 2.61. The minimum atomic E-state index is -1.80. The summed E-state index contributed by atoms with van der Waals surface area (Å²) in [5, 5.41) is 87.0. The molecule has 0 spiro atoms. The molecule has 0 aliphatic carbocycles. The number of hydrogen-bond donors (Lipinski definition) is 9. The van der Waals surface area contributed by atoms with Crippen molar-refractivity contribution in [3.8, 4) is 0 Å². The van der Waals surface area contributed by atoms with Crippen LogP contribution < -0.4 is 5.32 Å². The standard InChI is InChI=1S/C65H109NO13/c1-3-5-7-9-11-13-15-17-19-20-21-22-23-24-25-26-27-28-29-30-31-32-33-34-35-37-39-41-43-45-47-49-57(70)66-53(54(69)48-46-44-42-40-38-36-18-16-14-12-10-8-6-4-2)52-76-64-62(75)60(73)63(56(51-68)78-64)79-65-61(74)59(72)58(71)55(50-67)77-65/h5,7,11,13-14,16-17,19,21-22,24-25,27-28,38,40,46,48,53-56,58-65,67-69,71-75H,3-4,6,8-10,12,15,18,20,23,26,29-37,39,41-45,47,49-52H2,1-2H3,(H,66,70)/b7-5-,13-11-,16-14+,19-17-,22-21-,25-24-,28-27-,40-38+,48-46+. The van der Waals surface area contributed by atoms with Crippen molar-refractivity contribution in [3.05, 3.63) is 109 Å². The van der Waals surface area contributed by atoms with Crippen molar-refractivity contribution in [1.29, 1.82) is 0 Å². The molecule has 0 bridgehead atoms. The lowest BCUT2D eigenvalue weighted by atomic mass is 9.97. The van der Waals surface area contributed by atoms with Gasteiger partial charge in [-0.1, -0.05) is 207 Å². The van der Waals surface area contributed by atoms with E-state index in [0.717, 1.165) is 89.9 Å². The number of ether oxygens (including phenoxy) is 4. The molecule has 2 aliphatic rings. The van der Waals surface area contributed by atoms with Crippen LogP contribution in [0.15, 0.2) is 109 Å². The molecule has 2 rings (SSSR count). The van der Waals surface area contributed by atoms with Crippen LogP contribution in [0.4, 0.5) is 0 Å². The Kier molecular flexibility index (Phi) is 44.8. The van der Waals surface area contributed by atoms with E-state index in [1.54, 1.807) is 6.08 Å². The fraction of sp³-hybridized carbons (Fsp3) is 0.708. The summed E-state index contributed by atoms with van der Waals surface area (Å²) in [4.78, 5) is 13.3. The quantitative estimate of drug-likeness (QED) is 0.0204. The predicted octanol–water partition coefficient (Wildman–Crippen LogP) is 10.8. The molecular formula is C65H109NO13. The molecule has 12 atom stereocenters. The van der Waals surface area contributed by atoms with E-state index in [-0.39, 0.29) is 18.9 Å². The number of carbonyl (C=O) groups excluding carboxylic acids is 1. The summed E-state index contributed by atoms with van der Waals surface area (Å²) < 4.78 is 22.7. The molecule has 14 nitrogen and oxygen atoms in total. The van der Waals surface area contributed by atoms with Crippen LogP contribution >= 0.6 is 0 Å². The third kappa shape index (κ3) is 34.6. The first-order valence-corrected chi connectivity index (χ1v) is 30.6. The van der Waals surface area contributed by atoms with Crippen molar-refractivity contribution in [2.45, 2.75) is 274 Å².